The molecule has 0 saturated heterocycles. The maximum absolute atomic E-state index is 13.6. The minimum absolute atomic E-state index is 0.141. The summed E-state index contributed by atoms with van der Waals surface area (Å²) >= 11 is 0. The van der Waals surface area contributed by atoms with Gasteiger partial charge in [-0.3, -0.25) is 9.59 Å². The summed E-state index contributed by atoms with van der Waals surface area (Å²) in [7, 11) is -5.61. The fraction of sp³-hybridized carbons (Fsp3) is 0.667. The standard InChI is InChI=1S/2C26H40OP.C8H3BF6O3/c2*27-26(22-13-5-1-6-14-22)21-28(23-15-7-2-8-16-23,24-17-9-3-10-18-24)25-19-11-4-12-20-25;10-7(11,12)4-1-5(8(13,14)15)3-6(2-4)18-9(16)17/h2*1,5-6,13-14,23-25H,2-4,7-12,15-21H2;1-3H/q2*+1;-2. The molecule has 0 heterocycles. The number of ketones is 2. The summed E-state index contributed by atoms with van der Waals surface area (Å²) in [6.45, 7) is 0. The summed E-state index contributed by atoms with van der Waals surface area (Å²) in [4.78, 5) is 27.2. The maximum atomic E-state index is 13.6. The van der Waals surface area contributed by atoms with Gasteiger partial charge in [-0.2, -0.15) is 26.3 Å². The highest BCUT2D eigenvalue weighted by molar-refractivity contribution is 7.79. The third-order valence-electron chi connectivity index (χ3n) is 18.3. The Balaban J connectivity index is 0.000000167. The van der Waals surface area contributed by atoms with Gasteiger partial charge in [-0.15, -0.1) is 0 Å². The van der Waals surface area contributed by atoms with Gasteiger partial charge in [-0.25, -0.2) is 0 Å². The van der Waals surface area contributed by atoms with Gasteiger partial charge in [0, 0.05) is 25.7 Å². The first-order valence-corrected chi connectivity index (χ1v) is 33.2. The van der Waals surface area contributed by atoms with E-state index in [-0.39, 0.29) is 18.2 Å². The molecule has 0 atom stereocenters. The Morgan fingerprint density at radius 2 is 0.662 bits per heavy atom. The van der Waals surface area contributed by atoms with Gasteiger partial charge >= 0.3 is 12.4 Å². The fourth-order valence-corrected chi connectivity index (χ4v) is 29.4. The van der Waals surface area contributed by atoms with Crippen LogP contribution in [0.4, 0.5) is 26.3 Å². The van der Waals surface area contributed by atoms with Crippen molar-refractivity contribution >= 4 is 33.4 Å². The molecule has 3 aromatic rings. The molecule has 3 aromatic carbocycles. The van der Waals surface area contributed by atoms with Gasteiger partial charge in [0.25, 0.3) is 0 Å². The van der Waals surface area contributed by atoms with E-state index < -0.39 is 51.1 Å². The predicted molar refractivity (Wildman–Crippen MR) is 289 cm³/mol. The van der Waals surface area contributed by atoms with Gasteiger partial charge in [0.2, 0.25) is 0 Å². The Hall–Kier alpha value is -2.78. The van der Waals surface area contributed by atoms with Crippen LogP contribution in [-0.2, 0) is 12.4 Å². The zero-order chi connectivity index (χ0) is 52.6. The van der Waals surface area contributed by atoms with Crippen molar-refractivity contribution in [1.82, 2.24) is 0 Å². The van der Waals surface area contributed by atoms with Gasteiger partial charge in [0.15, 0.2) is 11.6 Å². The van der Waals surface area contributed by atoms with Crippen LogP contribution in [0.1, 0.15) is 224 Å². The van der Waals surface area contributed by atoms with Crippen molar-refractivity contribution in [2.24, 2.45) is 0 Å². The molecular formula is C60H83BF6O5P2. The van der Waals surface area contributed by atoms with E-state index in [1.807, 2.05) is 12.1 Å². The minimum Gasteiger partial charge on any atom is -0.860 e. The van der Waals surface area contributed by atoms with Crippen molar-refractivity contribution < 1.29 is 50.6 Å². The van der Waals surface area contributed by atoms with Crippen LogP contribution in [0.15, 0.2) is 78.9 Å². The first-order chi connectivity index (χ1) is 35.6. The monoisotopic (exact) mass is 1070 g/mol. The van der Waals surface area contributed by atoms with Crippen molar-refractivity contribution in [3.8, 4) is 5.75 Å². The molecule has 0 aliphatic heterocycles. The quantitative estimate of drug-likeness (QED) is 0.0694. The molecule has 0 aromatic heterocycles. The molecule has 6 saturated carbocycles. The Morgan fingerprint density at radius 1 is 0.419 bits per heavy atom. The molecule has 5 nitrogen and oxygen atoms in total. The molecular weight excluding hydrogens is 987 g/mol. The van der Waals surface area contributed by atoms with Gasteiger partial charge in [0.05, 0.1) is 50.8 Å². The Morgan fingerprint density at radius 3 is 0.878 bits per heavy atom. The number of carbonyl (C=O) groups is 2. The lowest BCUT2D eigenvalue weighted by atomic mass is 9.99. The predicted octanol–water partition coefficient (Wildman–Crippen LogP) is 16.6. The third kappa shape index (κ3) is 15.7. The summed E-state index contributed by atoms with van der Waals surface area (Å²) in [6.07, 6.45) is 34.6. The second-order valence-electron chi connectivity index (χ2n) is 22.8. The summed E-state index contributed by atoms with van der Waals surface area (Å²) in [5, 5.41) is 20.2. The van der Waals surface area contributed by atoms with Crippen LogP contribution in [-0.4, -0.2) is 65.2 Å². The molecule has 0 spiro atoms. The maximum Gasteiger partial charge on any atom is 0.416 e. The van der Waals surface area contributed by atoms with Crippen LogP contribution < -0.4 is 14.7 Å². The van der Waals surface area contributed by atoms with Crippen molar-refractivity contribution in [3.05, 3.63) is 101 Å². The Kier molecular flexibility index (Phi) is 22.5. The third-order valence-corrected chi connectivity index (χ3v) is 31.3. The largest absolute Gasteiger partial charge is 0.860 e. The second kappa shape index (κ2) is 28.2. The number of hydrogen-bond acceptors (Lipinski definition) is 5. The average molecular weight is 1070 g/mol. The zero-order valence-electron chi connectivity index (χ0n) is 43.9. The SMILES string of the molecule is O=C(C[P+](C1CCCCC1)(C1CCCCC1)C1CCCCC1)c1ccccc1.O=C(C[P+](C1CCCCC1)(C1CCCCC1)C1CCCCC1)c1ccccc1.[O-]B([O-])Oc1cc(C(F)(F)F)cc(C(F)(F)F)c1. The summed E-state index contributed by atoms with van der Waals surface area (Å²) in [5.74, 6) is -0.113. The van der Waals surface area contributed by atoms with E-state index in [1.165, 1.54) is 193 Å². The summed E-state index contributed by atoms with van der Waals surface area (Å²) in [6, 6.07) is 20.7. The lowest BCUT2D eigenvalue weighted by Gasteiger charge is -2.48. The van der Waals surface area contributed by atoms with Gasteiger partial charge in [-0.05, 0) is 172 Å². The number of Topliss-reactive ketones (excluding diaryl/α,β-unsaturated/α-hetero) is 2. The van der Waals surface area contributed by atoms with Gasteiger partial charge < -0.3 is 14.7 Å². The van der Waals surface area contributed by atoms with Crippen LogP contribution in [0.25, 0.3) is 0 Å². The molecule has 9 rings (SSSR count). The summed E-state index contributed by atoms with van der Waals surface area (Å²) in [5.41, 5.74) is 4.06. The van der Waals surface area contributed by atoms with E-state index in [4.69, 9.17) is 0 Å². The lowest BCUT2D eigenvalue weighted by molar-refractivity contribution is -0.372. The first-order valence-electron chi connectivity index (χ1n) is 28.8. The molecule has 0 bridgehead atoms. The summed E-state index contributed by atoms with van der Waals surface area (Å²) < 4.78 is 77.5. The minimum atomic E-state index is -5.05. The number of halogens is 6. The van der Waals surface area contributed by atoms with E-state index in [0.717, 1.165) is 57.4 Å². The van der Waals surface area contributed by atoms with E-state index >= 15 is 0 Å². The van der Waals surface area contributed by atoms with Gasteiger partial charge in [-0.1, -0.05) is 99.2 Å². The second-order valence-corrected chi connectivity index (χ2v) is 31.8. The number of benzene rings is 3. The van der Waals surface area contributed by atoms with Crippen LogP contribution >= 0.6 is 14.5 Å². The topological polar surface area (TPSA) is 89.5 Å². The molecule has 6 aliphatic carbocycles. The highest BCUT2D eigenvalue weighted by Gasteiger charge is 2.59. The molecule has 6 fully saturated rings. The van der Waals surface area contributed by atoms with E-state index in [0.29, 0.717) is 11.6 Å². The number of alkyl halides is 6. The first kappa shape index (κ1) is 58.9. The highest BCUT2D eigenvalue weighted by Crippen LogP contribution is 2.78. The number of rotatable bonds is 14. The van der Waals surface area contributed by atoms with Crippen LogP contribution in [0.2, 0.25) is 0 Å². The molecule has 14 heteroatoms. The molecule has 0 amide bonds. The molecule has 0 N–H and O–H groups in total. The molecule has 408 valence electrons. The molecule has 6 aliphatic rings. The number of hydrogen-bond donors (Lipinski definition) is 0. The van der Waals surface area contributed by atoms with E-state index in [2.05, 4.69) is 53.2 Å². The number of carbonyl (C=O) groups excluding carboxylic acids is 2. The molecule has 0 unspecified atom stereocenters. The van der Waals surface area contributed by atoms with Crippen molar-refractivity contribution in [2.45, 2.75) is 239 Å². The van der Waals surface area contributed by atoms with Crippen LogP contribution in [0.5, 0.6) is 5.75 Å². The van der Waals surface area contributed by atoms with Crippen molar-refractivity contribution in [2.75, 3.05) is 12.3 Å². The smallest absolute Gasteiger partial charge is 0.416 e. The lowest BCUT2D eigenvalue weighted by Crippen LogP contribution is -2.50. The van der Waals surface area contributed by atoms with Crippen LogP contribution in [0.3, 0.4) is 0 Å². The van der Waals surface area contributed by atoms with Crippen molar-refractivity contribution in [3.63, 3.8) is 0 Å². The highest BCUT2D eigenvalue weighted by atomic mass is 31.2. The van der Waals surface area contributed by atoms with Gasteiger partial charge in [0.1, 0.15) is 19.6 Å². The Labute approximate surface area is 440 Å². The zero-order valence-corrected chi connectivity index (χ0v) is 45.7. The van der Waals surface area contributed by atoms with E-state index in [9.17, 15) is 46.0 Å². The molecule has 0 radical (unpaired) electrons. The average Bonchev–Trinajstić information content (AvgIpc) is 3.44. The van der Waals surface area contributed by atoms with Crippen LogP contribution in [0, 0.1) is 0 Å². The molecule has 74 heavy (non-hydrogen) atoms. The Bertz CT molecular complexity index is 1900. The normalized spacial score (nSPS) is 20.9. The van der Waals surface area contributed by atoms with Crippen molar-refractivity contribution in [1.29, 1.82) is 0 Å². The fourth-order valence-electron chi connectivity index (χ4n) is 15.0. The van der Waals surface area contributed by atoms with E-state index in [1.54, 1.807) is 0 Å².